The van der Waals surface area contributed by atoms with E-state index in [1.807, 2.05) is 60.0 Å². The molecule has 2 aromatic heterocycles. The van der Waals surface area contributed by atoms with E-state index in [-0.39, 0.29) is 25.6 Å². The van der Waals surface area contributed by atoms with Crippen molar-refractivity contribution in [3.05, 3.63) is 87.3 Å². The molecule has 0 amide bonds. The minimum Gasteiger partial charge on any atom is -0.480 e. The third kappa shape index (κ3) is 7.66. The van der Waals surface area contributed by atoms with Crippen molar-refractivity contribution >= 4 is 35.0 Å². The van der Waals surface area contributed by atoms with Crippen molar-refractivity contribution in [2.24, 2.45) is 4.99 Å². The van der Waals surface area contributed by atoms with Gasteiger partial charge in [0.1, 0.15) is 23.5 Å². The number of benzene rings is 2. The summed E-state index contributed by atoms with van der Waals surface area (Å²) < 4.78 is 43.9. The summed E-state index contributed by atoms with van der Waals surface area (Å²) in [6.45, 7) is 6.01. The zero-order valence-electron chi connectivity index (χ0n) is 25.1. The number of fused-ring (bicyclic) bond motifs is 3. The van der Waals surface area contributed by atoms with E-state index in [9.17, 15) is 22.8 Å². The van der Waals surface area contributed by atoms with E-state index in [4.69, 9.17) is 29.5 Å². The van der Waals surface area contributed by atoms with Crippen molar-refractivity contribution < 1.29 is 47.2 Å². The van der Waals surface area contributed by atoms with Crippen molar-refractivity contribution in [1.29, 1.82) is 0 Å². The molecule has 0 unspecified atom stereocenters. The fourth-order valence-corrected chi connectivity index (χ4v) is 5.85. The highest BCUT2D eigenvalue weighted by Crippen LogP contribution is 2.39. The van der Waals surface area contributed by atoms with Gasteiger partial charge in [-0.05, 0) is 43.0 Å². The number of carboxylic acid groups (broad SMARTS) is 2. The Hall–Kier alpha value is -4.89. The number of aliphatic carboxylic acids is 2. The number of carbonyl (C=O) groups excluding carboxylic acids is 1. The van der Waals surface area contributed by atoms with Crippen LogP contribution in [0.4, 0.5) is 13.2 Å². The van der Waals surface area contributed by atoms with Crippen molar-refractivity contribution in [3.63, 3.8) is 0 Å². The number of alkyl halides is 3. The molecule has 1 atom stereocenters. The molecular formula is C31H29F3N4O7S. The predicted octanol–water partition coefficient (Wildman–Crippen LogP) is 5.61. The third-order valence-corrected chi connectivity index (χ3v) is 8.20. The number of halogens is 3. The molecule has 242 valence electrons. The summed E-state index contributed by atoms with van der Waals surface area (Å²) >= 11 is 1.67. The van der Waals surface area contributed by atoms with E-state index in [0.29, 0.717) is 5.82 Å². The second kappa shape index (κ2) is 14.0. The van der Waals surface area contributed by atoms with Gasteiger partial charge < -0.3 is 19.7 Å². The molecule has 5 rings (SSSR count). The van der Waals surface area contributed by atoms with Gasteiger partial charge in [-0.15, -0.1) is 21.5 Å². The summed E-state index contributed by atoms with van der Waals surface area (Å²) in [6.07, 6.45) is -5.02. The van der Waals surface area contributed by atoms with Gasteiger partial charge in [-0.3, -0.25) is 14.4 Å². The summed E-state index contributed by atoms with van der Waals surface area (Å²) in [5.74, 6) is -2.74. The molecule has 1 aliphatic rings. The minimum atomic E-state index is -5.08. The Morgan fingerprint density at radius 1 is 0.935 bits per heavy atom. The maximum absolute atomic E-state index is 12.3. The fraction of sp³-hybridized carbons (Fsp3) is 0.290. The Morgan fingerprint density at radius 2 is 1.50 bits per heavy atom. The van der Waals surface area contributed by atoms with Gasteiger partial charge in [0.05, 0.1) is 25.8 Å². The summed E-state index contributed by atoms with van der Waals surface area (Å²) in [7, 11) is 1.37. The number of thiophene rings is 1. The number of hydrogen-bond donors (Lipinski definition) is 2. The highest BCUT2D eigenvalue weighted by Gasteiger charge is 2.38. The highest BCUT2D eigenvalue weighted by atomic mass is 32.1. The maximum Gasteiger partial charge on any atom is 0.490 e. The quantitative estimate of drug-likeness (QED) is 0.230. The van der Waals surface area contributed by atoms with Gasteiger partial charge in [-0.25, -0.2) is 9.59 Å². The smallest absolute Gasteiger partial charge is 0.480 e. The lowest BCUT2D eigenvalue weighted by Crippen LogP contribution is -2.21. The molecule has 0 radical (unpaired) electrons. The number of nitrogens with zero attached hydrogens (tertiary/aromatic N) is 4. The van der Waals surface area contributed by atoms with Gasteiger partial charge >= 0.3 is 24.1 Å². The Kier molecular flexibility index (Phi) is 10.4. The molecule has 0 saturated carbocycles. The van der Waals surface area contributed by atoms with E-state index in [0.717, 1.165) is 49.9 Å². The largest absolute Gasteiger partial charge is 0.490 e. The van der Waals surface area contributed by atoms with Gasteiger partial charge in [0, 0.05) is 16.0 Å². The summed E-state index contributed by atoms with van der Waals surface area (Å²) in [5, 5.41) is 25.6. The van der Waals surface area contributed by atoms with Crippen LogP contribution in [-0.4, -0.2) is 68.5 Å². The van der Waals surface area contributed by atoms with Crippen molar-refractivity contribution in [2.45, 2.75) is 46.0 Å². The average molecular weight is 659 g/mol. The molecular weight excluding hydrogens is 629 g/mol. The second-order valence-electron chi connectivity index (χ2n) is 10.1. The number of esters is 1. The van der Waals surface area contributed by atoms with Gasteiger partial charge in [0.2, 0.25) is 0 Å². The van der Waals surface area contributed by atoms with Gasteiger partial charge in [0.15, 0.2) is 5.82 Å². The number of aryl methyl sites for hydroxylation is 2. The standard InChI is InChI=1S/C29H28N4O5S.C2HF3O2/c1-16-17(2)39-29-26(16)27(30-23(13-25(36)37-4)28-32-31-18(3)33(28)29)22-11-9-21(10-12-22)20-7-5-19(6-8-20)14-38-15-24(34)35;3-2(4,5)1(6)7/h5-12,23H,13-15H2,1-4H3,(H,34,35);(H,6,7)/t23-;/m0./s1. The molecule has 0 bridgehead atoms. The molecule has 46 heavy (non-hydrogen) atoms. The minimum absolute atomic E-state index is 0.0612. The lowest BCUT2D eigenvalue weighted by Gasteiger charge is -2.12. The molecule has 0 spiro atoms. The highest BCUT2D eigenvalue weighted by molar-refractivity contribution is 7.15. The number of aromatic nitrogens is 3. The molecule has 3 heterocycles. The van der Waals surface area contributed by atoms with Crippen LogP contribution in [-0.2, 0) is 30.5 Å². The first-order chi connectivity index (χ1) is 21.7. The summed E-state index contributed by atoms with van der Waals surface area (Å²) in [6, 6.07) is 15.5. The number of hydrogen-bond acceptors (Lipinski definition) is 9. The second-order valence-corrected chi connectivity index (χ2v) is 11.3. The predicted molar refractivity (Wildman–Crippen MR) is 161 cm³/mol. The SMILES string of the molecule is COC(=O)C[C@@H]1N=C(c2ccc(-c3ccc(COCC(=O)O)cc3)cc2)c2c(sc(C)c2C)-n2c(C)nnc21.O=C(O)C(F)(F)F. The fourth-order valence-electron chi connectivity index (χ4n) is 4.64. The first-order valence-corrected chi connectivity index (χ1v) is 14.5. The molecule has 11 nitrogen and oxygen atoms in total. The first-order valence-electron chi connectivity index (χ1n) is 13.7. The van der Waals surface area contributed by atoms with E-state index in [1.165, 1.54) is 12.0 Å². The number of methoxy groups -OCH3 is 1. The maximum atomic E-state index is 12.3. The molecule has 2 N–H and O–H groups in total. The van der Waals surface area contributed by atoms with E-state index in [2.05, 4.69) is 24.0 Å². The van der Waals surface area contributed by atoms with Crippen LogP contribution in [0.5, 0.6) is 0 Å². The van der Waals surface area contributed by atoms with Crippen LogP contribution < -0.4 is 0 Å². The lowest BCUT2D eigenvalue weighted by molar-refractivity contribution is -0.192. The van der Waals surface area contributed by atoms with Crippen LogP contribution in [0.25, 0.3) is 16.1 Å². The van der Waals surface area contributed by atoms with Crippen LogP contribution in [0.1, 0.15) is 51.2 Å². The first kappa shape index (κ1) is 34.0. The van der Waals surface area contributed by atoms with Gasteiger partial charge in [-0.1, -0.05) is 48.5 Å². The summed E-state index contributed by atoms with van der Waals surface area (Å²) in [5.41, 5.74) is 6.86. The Labute approximate surface area is 265 Å². The summed E-state index contributed by atoms with van der Waals surface area (Å²) in [4.78, 5) is 38.2. The molecule has 4 aromatic rings. The zero-order valence-corrected chi connectivity index (χ0v) is 25.9. The Bertz CT molecular complexity index is 1780. The molecule has 0 fully saturated rings. The lowest BCUT2D eigenvalue weighted by atomic mass is 9.96. The number of carbonyl (C=O) groups is 3. The number of aliphatic imine (C=N–C) groups is 1. The van der Waals surface area contributed by atoms with Crippen LogP contribution in [0.3, 0.4) is 0 Å². The topological polar surface area (TPSA) is 153 Å². The normalized spacial score (nSPS) is 13.8. The number of rotatable bonds is 8. The van der Waals surface area contributed by atoms with Gasteiger partial charge in [0.25, 0.3) is 0 Å². The van der Waals surface area contributed by atoms with Crippen molar-refractivity contribution in [1.82, 2.24) is 14.8 Å². The Balaban J connectivity index is 0.000000617. The molecule has 0 aliphatic carbocycles. The van der Waals surface area contributed by atoms with Crippen LogP contribution >= 0.6 is 11.3 Å². The van der Waals surface area contributed by atoms with Crippen LogP contribution in [0.15, 0.2) is 53.5 Å². The number of carboxylic acids is 2. The molecule has 0 saturated heterocycles. The van der Waals surface area contributed by atoms with Crippen LogP contribution in [0.2, 0.25) is 0 Å². The molecule has 2 aromatic carbocycles. The number of ether oxygens (including phenoxy) is 2. The van der Waals surface area contributed by atoms with Gasteiger partial charge in [-0.2, -0.15) is 13.2 Å². The monoisotopic (exact) mass is 658 g/mol. The Morgan fingerprint density at radius 3 is 2.04 bits per heavy atom. The van der Waals surface area contributed by atoms with Crippen LogP contribution in [0, 0.1) is 20.8 Å². The van der Waals surface area contributed by atoms with E-state index in [1.54, 1.807) is 11.3 Å². The zero-order chi connectivity index (χ0) is 33.8. The average Bonchev–Trinajstić information content (AvgIpc) is 3.49. The third-order valence-electron chi connectivity index (χ3n) is 7.01. The van der Waals surface area contributed by atoms with E-state index >= 15 is 0 Å². The molecule has 1 aliphatic heterocycles. The molecule has 15 heteroatoms. The van der Waals surface area contributed by atoms with Crippen molar-refractivity contribution in [2.75, 3.05) is 13.7 Å². The van der Waals surface area contributed by atoms with E-state index < -0.39 is 24.2 Å². The van der Waals surface area contributed by atoms with Crippen molar-refractivity contribution in [3.8, 4) is 16.1 Å².